The highest BCUT2D eigenvalue weighted by Gasteiger charge is 2.20. The van der Waals surface area contributed by atoms with E-state index >= 15 is 0 Å². The van der Waals surface area contributed by atoms with E-state index in [2.05, 4.69) is 138 Å². The molecule has 0 aliphatic heterocycles. The fourth-order valence-corrected chi connectivity index (χ4v) is 8.07. The Kier molecular flexibility index (Phi) is 7.42. The van der Waals surface area contributed by atoms with Crippen LogP contribution in [0.5, 0.6) is 0 Å². The SMILES string of the molecule is c1ccc(-c2ccc3c(c2)c2ccccc2n3-c2ccccc2-c2cccc3oc4cc(-c5nc(-c6ccccc6)nc(-c6ccccc6)n5)ccc4c23)cc1. The molecule has 0 fully saturated rings. The molecule has 3 aromatic heterocycles. The van der Waals surface area contributed by atoms with Crippen molar-refractivity contribution in [2.75, 3.05) is 0 Å². The second-order valence-corrected chi connectivity index (χ2v) is 14.0. The van der Waals surface area contributed by atoms with Crippen LogP contribution >= 0.6 is 0 Å². The van der Waals surface area contributed by atoms with E-state index in [4.69, 9.17) is 19.4 Å². The van der Waals surface area contributed by atoms with E-state index in [9.17, 15) is 0 Å². The lowest BCUT2D eigenvalue weighted by Crippen LogP contribution is -2.00. The first-order chi connectivity index (χ1) is 27.8. The topological polar surface area (TPSA) is 56.7 Å². The van der Waals surface area contributed by atoms with Crippen molar-refractivity contribution in [1.29, 1.82) is 0 Å². The van der Waals surface area contributed by atoms with Crippen LogP contribution in [0, 0.1) is 0 Å². The van der Waals surface area contributed by atoms with Crippen LogP contribution < -0.4 is 0 Å². The van der Waals surface area contributed by atoms with Gasteiger partial charge in [0.05, 0.1) is 16.7 Å². The Morgan fingerprint density at radius 2 is 0.911 bits per heavy atom. The summed E-state index contributed by atoms with van der Waals surface area (Å²) in [6.45, 7) is 0. The Labute approximate surface area is 322 Å². The van der Waals surface area contributed by atoms with Gasteiger partial charge in [-0.2, -0.15) is 0 Å². The molecule has 0 spiro atoms. The molecule has 0 N–H and O–H groups in total. The molecule has 5 nitrogen and oxygen atoms in total. The van der Waals surface area contributed by atoms with Gasteiger partial charge >= 0.3 is 0 Å². The first-order valence-electron chi connectivity index (χ1n) is 18.8. The van der Waals surface area contributed by atoms with Gasteiger partial charge in [-0.05, 0) is 59.2 Å². The predicted octanol–water partition coefficient (Wildman–Crippen LogP) is 13.2. The monoisotopic (exact) mass is 716 g/mol. The van der Waals surface area contributed by atoms with Crippen LogP contribution in [0.15, 0.2) is 199 Å². The van der Waals surface area contributed by atoms with Gasteiger partial charge in [0.1, 0.15) is 11.2 Å². The molecule has 0 amide bonds. The van der Waals surface area contributed by atoms with Crippen molar-refractivity contribution in [1.82, 2.24) is 19.5 Å². The summed E-state index contributed by atoms with van der Waals surface area (Å²) in [5.74, 6) is 1.84. The van der Waals surface area contributed by atoms with Crippen LogP contribution in [-0.2, 0) is 0 Å². The van der Waals surface area contributed by atoms with Crippen LogP contribution in [0.3, 0.4) is 0 Å². The minimum absolute atomic E-state index is 0.590. The number of para-hydroxylation sites is 2. The van der Waals surface area contributed by atoms with Gasteiger partial charge in [-0.3, -0.25) is 0 Å². The number of aromatic nitrogens is 4. The van der Waals surface area contributed by atoms with Crippen molar-refractivity contribution in [3.05, 3.63) is 194 Å². The third kappa shape index (κ3) is 5.29. The molecule has 3 heterocycles. The number of nitrogens with zero attached hydrogens (tertiary/aromatic N) is 4. The Bertz CT molecular complexity index is 3180. The third-order valence-corrected chi connectivity index (χ3v) is 10.7. The first kappa shape index (κ1) is 31.9. The van der Waals surface area contributed by atoms with Gasteiger partial charge in [0.2, 0.25) is 0 Å². The molecule has 0 saturated carbocycles. The molecule has 56 heavy (non-hydrogen) atoms. The van der Waals surface area contributed by atoms with E-state index < -0.39 is 0 Å². The largest absolute Gasteiger partial charge is 0.456 e. The first-order valence-corrected chi connectivity index (χ1v) is 18.8. The molecular formula is C51H32N4O. The highest BCUT2D eigenvalue weighted by molar-refractivity contribution is 6.15. The van der Waals surface area contributed by atoms with E-state index in [-0.39, 0.29) is 0 Å². The quantitative estimate of drug-likeness (QED) is 0.172. The molecular weight excluding hydrogens is 685 g/mol. The number of fused-ring (bicyclic) bond motifs is 6. The summed E-state index contributed by atoms with van der Waals surface area (Å²) in [7, 11) is 0. The molecule has 0 unspecified atom stereocenters. The van der Waals surface area contributed by atoms with Crippen molar-refractivity contribution >= 4 is 43.7 Å². The number of rotatable bonds is 6. The lowest BCUT2D eigenvalue weighted by Gasteiger charge is -2.15. The van der Waals surface area contributed by atoms with Gasteiger partial charge < -0.3 is 8.98 Å². The van der Waals surface area contributed by atoms with Gasteiger partial charge in [-0.1, -0.05) is 152 Å². The second-order valence-electron chi connectivity index (χ2n) is 14.0. The number of furan rings is 1. The summed E-state index contributed by atoms with van der Waals surface area (Å²) >= 11 is 0. The highest BCUT2D eigenvalue weighted by atomic mass is 16.3. The standard InChI is InChI=1S/C51H32N4O/c1-4-15-33(16-5-1)36-28-30-45-42(31-36)39-22-11-13-25-44(39)55(45)43-24-12-10-21-38(43)40-23-14-26-46-48(40)41-29-27-37(32-47(41)56-46)51-53-49(34-17-6-2-7-18-34)52-50(54-51)35-19-8-3-9-20-35/h1-32H. The predicted molar refractivity (Wildman–Crippen MR) is 229 cm³/mol. The van der Waals surface area contributed by atoms with E-state index in [0.717, 1.165) is 66.5 Å². The lowest BCUT2D eigenvalue weighted by molar-refractivity contribution is 0.669. The fourth-order valence-electron chi connectivity index (χ4n) is 8.07. The van der Waals surface area contributed by atoms with Crippen LogP contribution in [-0.4, -0.2) is 19.5 Å². The maximum Gasteiger partial charge on any atom is 0.164 e. The summed E-state index contributed by atoms with van der Waals surface area (Å²) in [6, 6.07) is 67.5. The number of hydrogen-bond donors (Lipinski definition) is 0. The Morgan fingerprint density at radius 3 is 1.64 bits per heavy atom. The molecule has 11 rings (SSSR count). The Hall–Kier alpha value is -7.63. The Morgan fingerprint density at radius 1 is 0.339 bits per heavy atom. The summed E-state index contributed by atoms with van der Waals surface area (Å²) in [4.78, 5) is 14.8. The zero-order chi connectivity index (χ0) is 37.0. The molecule has 262 valence electrons. The van der Waals surface area contributed by atoms with Crippen LogP contribution in [0.1, 0.15) is 0 Å². The molecule has 5 heteroatoms. The molecule has 0 atom stereocenters. The van der Waals surface area contributed by atoms with E-state index in [1.807, 2.05) is 60.7 Å². The highest BCUT2D eigenvalue weighted by Crippen LogP contribution is 2.42. The zero-order valence-corrected chi connectivity index (χ0v) is 30.2. The third-order valence-electron chi connectivity index (χ3n) is 10.7. The van der Waals surface area contributed by atoms with Gasteiger partial charge in [-0.25, -0.2) is 15.0 Å². The normalized spacial score (nSPS) is 11.6. The van der Waals surface area contributed by atoms with E-state index in [1.54, 1.807) is 0 Å². The van der Waals surface area contributed by atoms with Gasteiger partial charge in [0.25, 0.3) is 0 Å². The number of hydrogen-bond acceptors (Lipinski definition) is 4. The minimum atomic E-state index is 0.590. The van der Waals surface area contributed by atoms with Gasteiger partial charge in [-0.15, -0.1) is 0 Å². The fraction of sp³-hybridized carbons (Fsp3) is 0. The molecule has 11 aromatic rings. The maximum atomic E-state index is 6.65. The average molecular weight is 717 g/mol. The van der Waals surface area contributed by atoms with Crippen molar-refractivity contribution in [2.45, 2.75) is 0 Å². The molecule has 0 saturated heterocycles. The molecule has 0 aliphatic carbocycles. The minimum Gasteiger partial charge on any atom is -0.456 e. The van der Waals surface area contributed by atoms with Crippen LogP contribution in [0.4, 0.5) is 0 Å². The molecule has 0 bridgehead atoms. The number of benzene rings is 8. The van der Waals surface area contributed by atoms with Crippen molar-refractivity contribution < 1.29 is 4.42 Å². The summed E-state index contributed by atoms with van der Waals surface area (Å²) in [5, 5.41) is 4.54. The Balaban J connectivity index is 1.07. The zero-order valence-electron chi connectivity index (χ0n) is 30.2. The van der Waals surface area contributed by atoms with Crippen LogP contribution in [0.2, 0.25) is 0 Å². The van der Waals surface area contributed by atoms with Gasteiger partial charge in [0, 0.05) is 43.8 Å². The molecule has 0 radical (unpaired) electrons. The van der Waals surface area contributed by atoms with Crippen LogP contribution in [0.25, 0.3) is 106 Å². The smallest absolute Gasteiger partial charge is 0.164 e. The summed E-state index contributed by atoms with van der Waals surface area (Å²) in [6.07, 6.45) is 0. The maximum absolute atomic E-state index is 6.65. The van der Waals surface area contributed by atoms with Gasteiger partial charge in [0.15, 0.2) is 17.5 Å². The van der Waals surface area contributed by atoms with Crippen molar-refractivity contribution in [3.63, 3.8) is 0 Å². The van der Waals surface area contributed by atoms with Crippen molar-refractivity contribution in [2.24, 2.45) is 0 Å². The second kappa shape index (κ2) is 13.0. The lowest BCUT2D eigenvalue weighted by atomic mass is 9.97. The summed E-state index contributed by atoms with van der Waals surface area (Å²) in [5.41, 5.74) is 12.4. The molecule has 0 aliphatic rings. The van der Waals surface area contributed by atoms with E-state index in [0.29, 0.717) is 17.5 Å². The average Bonchev–Trinajstić information content (AvgIpc) is 3.82. The summed E-state index contributed by atoms with van der Waals surface area (Å²) < 4.78 is 9.06. The van der Waals surface area contributed by atoms with E-state index in [1.165, 1.54) is 21.9 Å². The van der Waals surface area contributed by atoms with Crippen molar-refractivity contribution in [3.8, 4) is 62.1 Å². The molecule has 8 aromatic carbocycles.